The number of nitro benzene ring substituents is 1. The van der Waals surface area contributed by atoms with E-state index in [0.29, 0.717) is 10.1 Å². The number of benzene rings is 3. The number of carbonyl (C=O) groups is 1. The highest BCUT2D eigenvalue weighted by Gasteiger charge is 2.29. The second-order valence-corrected chi connectivity index (χ2v) is 9.95. The van der Waals surface area contributed by atoms with Gasteiger partial charge in [-0.1, -0.05) is 28.1 Å². The standard InChI is InChI=1S/C24H14BrNO7S/c25-17-7-11-19(12-8-17)34(31,32)22(24(28)15-5-9-18(10-6-15)26(29)30)13-16-14-33-21-4-2-1-3-20(21)23(16)27/h1-14H/b22-13-. The van der Waals surface area contributed by atoms with E-state index in [9.17, 15) is 28.1 Å². The maximum absolute atomic E-state index is 13.5. The van der Waals surface area contributed by atoms with E-state index in [2.05, 4.69) is 15.9 Å². The normalized spacial score (nSPS) is 12.0. The van der Waals surface area contributed by atoms with Crippen molar-refractivity contribution in [2.24, 2.45) is 0 Å². The lowest BCUT2D eigenvalue weighted by atomic mass is 10.1. The lowest BCUT2D eigenvalue weighted by Crippen LogP contribution is -2.16. The van der Waals surface area contributed by atoms with Gasteiger partial charge in [0, 0.05) is 22.2 Å². The van der Waals surface area contributed by atoms with Gasteiger partial charge in [-0.25, -0.2) is 8.42 Å². The molecule has 0 spiro atoms. The molecule has 0 aliphatic heterocycles. The van der Waals surface area contributed by atoms with Gasteiger partial charge in [0.05, 0.1) is 20.8 Å². The summed E-state index contributed by atoms with van der Waals surface area (Å²) in [5.41, 5.74) is -0.689. The summed E-state index contributed by atoms with van der Waals surface area (Å²) in [5.74, 6) is -0.926. The number of allylic oxidation sites excluding steroid dienone is 1. The number of ketones is 1. The molecule has 170 valence electrons. The van der Waals surface area contributed by atoms with Gasteiger partial charge in [0.1, 0.15) is 16.8 Å². The van der Waals surface area contributed by atoms with E-state index in [1.165, 1.54) is 30.3 Å². The number of carbonyl (C=O) groups excluding carboxylic acids is 1. The lowest BCUT2D eigenvalue weighted by Gasteiger charge is -2.10. The molecule has 0 atom stereocenters. The fourth-order valence-electron chi connectivity index (χ4n) is 3.22. The Hall–Kier alpha value is -3.89. The summed E-state index contributed by atoms with van der Waals surface area (Å²) < 4.78 is 33.0. The molecule has 0 saturated heterocycles. The van der Waals surface area contributed by atoms with Crippen LogP contribution in [-0.2, 0) is 9.84 Å². The number of para-hydroxylation sites is 1. The Kier molecular flexibility index (Phi) is 6.27. The molecule has 4 rings (SSSR count). The Morgan fingerprint density at radius 2 is 1.62 bits per heavy atom. The molecule has 3 aromatic carbocycles. The van der Waals surface area contributed by atoms with Crippen LogP contribution in [0.25, 0.3) is 17.0 Å². The van der Waals surface area contributed by atoms with Crippen molar-refractivity contribution in [1.29, 1.82) is 0 Å². The molecule has 1 heterocycles. The summed E-state index contributed by atoms with van der Waals surface area (Å²) >= 11 is 3.23. The zero-order valence-electron chi connectivity index (χ0n) is 17.2. The Morgan fingerprint density at radius 3 is 2.26 bits per heavy atom. The van der Waals surface area contributed by atoms with Crippen LogP contribution in [0.1, 0.15) is 15.9 Å². The minimum atomic E-state index is -4.38. The highest BCUT2D eigenvalue weighted by Crippen LogP contribution is 2.27. The molecule has 0 radical (unpaired) electrons. The van der Waals surface area contributed by atoms with E-state index in [-0.39, 0.29) is 27.1 Å². The number of non-ortho nitro benzene ring substituents is 1. The number of hydrogen-bond acceptors (Lipinski definition) is 7. The van der Waals surface area contributed by atoms with Crippen molar-refractivity contribution < 1.29 is 22.6 Å². The first-order valence-corrected chi connectivity index (χ1v) is 12.0. The monoisotopic (exact) mass is 539 g/mol. The molecule has 0 aliphatic carbocycles. The largest absolute Gasteiger partial charge is 0.463 e. The number of rotatable bonds is 6. The summed E-state index contributed by atoms with van der Waals surface area (Å²) in [5, 5.41) is 11.2. The van der Waals surface area contributed by atoms with Gasteiger partial charge in [0.2, 0.25) is 15.6 Å². The van der Waals surface area contributed by atoms with Crippen molar-refractivity contribution in [3.63, 3.8) is 0 Å². The highest BCUT2D eigenvalue weighted by atomic mass is 79.9. The number of fused-ring (bicyclic) bond motifs is 1. The Balaban J connectivity index is 1.92. The number of nitro groups is 1. The van der Waals surface area contributed by atoms with Gasteiger partial charge < -0.3 is 4.42 Å². The molecule has 4 aromatic rings. The van der Waals surface area contributed by atoms with Crippen molar-refractivity contribution in [1.82, 2.24) is 0 Å². The summed E-state index contributed by atoms with van der Waals surface area (Å²) in [6.45, 7) is 0. The lowest BCUT2D eigenvalue weighted by molar-refractivity contribution is -0.384. The number of Topliss-reactive ketones (excluding diaryl/α,β-unsaturated/α-hetero) is 1. The summed E-state index contributed by atoms with van der Waals surface area (Å²) in [6, 6.07) is 16.6. The van der Waals surface area contributed by atoms with Crippen LogP contribution in [0.5, 0.6) is 0 Å². The fraction of sp³-hybridized carbons (Fsp3) is 0. The highest BCUT2D eigenvalue weighted by molar-refractivity contribution is 9.10. The van der Waals surface area contributed by atoms with Crippen molar-refractivity contribution in [3.05, 3.63) is 120 Å². The summed E-state index contributed by atoms with van der Waals surface area (Å²) in [6.07, 6.45) is 2.06. The molecule has 0 N–H and O–H groups in total. The van der Waals surface area contributed by atoms with Crippen LogP contribution in [0.2, 0.25) is 0 Å². The average molecular weight is 540 g/mol. The summed E-state index contributed by atoms with van der Waals surface area (Å²) in [4.78, 5) is 35.8. The topological polar surface area (TPSA) is 125 Å². The van der Waals surface area contributed by atoms with Gasteiger partial charge in [-0.05, 0) is 54.6 Å². The first kappa shape index (κ1) is 23.3. The fourth-order valence-corrected chi connectivity index (χ4v) is 4.87. The number of sulfone groups is 1. The molecular weight excluding hydrogens is 526 g/mol. The van der Waals surface area contributed by atoms with Crippen LogP contribution in [0.3, 0.4) is 0 Å². The van der Waals surface area contributed by atoms with E-state index in [1.807, 2.05) is 0 Å². The molecular formula is C24H14BrNO7S. The zero-order valence-corrected chi connectivity index (χ0v) is 19.6. The van der Waals surface area contributed by atoms with Crippen molar-refractivity contribution in [3.8, 4) is 0 Å². The van der Waals surface area contributed by atoms with Crippen LogP contribution < -0.4 is 5.43 Å². The molecule has 0 fully saturated rings. The Bertz CT molecular complexity index is 1620. The van der Waals surface area contributed by atoms with Gasteiger partial charge in [0.15, 0.2) is 5.43 Å². The Morgan fingerprint density at radius 1 is 0.971 bits per heavy atom. The average Bonchev–Trinajstić information content (AvgIpc) is 2.83. The van der Waals surface area contributed by atoms with Crippen molar-refractivity contribution in [2.45, 2.75) is 4.90 Å². The third-order valence-electron chi connectivity index (χ3n) is 4.97. The molecule has 34 heavy (non-hydrogen) atoms. The third kappa shape index (κ3) is 4.45. The van der Waals surface area contributed by atoms with E-state index < -0.39 is 30.9 Å². The van der Waals surface area contributed by atoms with E-state index >= 15 is 0 Å². The number of halogens is 1. The second kappa shape index (κ2) is 9.16. The Labute approximate surface area is 201 Å². The van der Waals surface area contributed by atoms with Crippen molar-refractivity contribution in [2.75, 3.05) is 0 Å². The van der Waals surface area contributed by atoms with Gasteiger partial charge in [-0.3, -0.25) is 19.7 Å². The molecule has 0 unspecified atom stereocenters. The van der Waals surface area contributed by atoms with E-state index in [1.54, 1.807) is 18.2 Å². The van der Waals surface area contributed by atoms with Gasteiger partial charge in [-0.15, -0.1) is 0 Å². The molecule has 1 aromatic heterocycles. The summed E-state index contributed by atoms with van der Waals surface area (Å²) in [7, 11) is -4.38. The zero-order chi connectivity index (χ0) is 24.5. The van der Waals surface area contributed by atoms with Crippen LogP contribution in [0, 0.1) is 10.1 Å². The van der Waals surface area contributed by atoms with Gasteiger partial charge >= 0.3 is 0 Å². The predicted octanol–water partition coefficient (Wildman–Crippen LogP) is 5.16. The first-order valence-electron chi connectivity index (χ1n) is 9.70. The minimum Gasteiger partial charge on any atom is -0.463 e. The first-order chi connectivity index (χ1) is 16.2. The van der Waals surface area contributed by atoms with Gasteiger partial charge in [0.25, 0.3) is 5.69 Å². The molecule has 0 amide bonds. The molecule has 10 heteroatoms. The SMILES string of the molecule is O=C(/C(=C/c1coc2ccccc2c1=O)S(=O)(=O)c1ccc(Br)cc1)c1ccc([N+](=O)[O-])cc1. The van der Waals surface area contributed by atoms with E-state index in [4.69, 9.17) is 4.42 Å². The molecule has 0 bridgehead atoms. The minimum absolute atomic E-state index is 0.0947. The third-order valence-corrected chi connectivity index (χ3v) is 7.27. The van der Waals surface area contributed by atoms with Crippen LogP contribution in [0.4, 0.5) is 5.69 Å². The van der Waals surface area contributed by atoms with Crippen molar-refractivity contribution >= 4 is 54.3 Å². The number of hydrogen-bond donors (Lipinski definition) is 0. The maximum atomic E-state index is 13.5. The molecule has 8 nitrogen and oxygen atoms in total. The van der Waals surface area contributed by atoms with Crippen LogP contribution >= 0.6 is 15.9 Å². The quantitative estimate of drug-likeness (QED) is 0.143. The van der Waals surface area contributed by atoms with Crippen LogP contribution in [0.15, 0.2) is 103 Å². The molecule has 0 aliphatic rings. The molecule has 0 saturated carbocycles. The smallest absolute Gasteiger partial charge is 0.269 e. The van der Waals surface area contributed by atoms with Gasteiger partial charge in [-0.2, -0.15) is 0 Å². The second-order valence-electron chi connectivity index (χ2n) is 7.12. The van der Waals surface area contributed by atoms with E-state index in [0.717, 1.165) is 36.6 Å². The maximum Gasteiger partial charge on any atom is 0.269 e. The van der Waals surface area contributed by atoms with Crippen LogP contribution in [-0.4, -0.2) is 19.1 Å². The predicted molar refractivity (Wildman–Crippen MR) is 129 cm³/mol. The number of nitrogens with zero attached hydrogens (tertiary/aromatic N) is 1.